The third-order valence-corrected chi connectivity index (χ3v) is 4.52. The normalized spacial score (nSPS) is 18.6. The van der Waals surface area contributed by atoms with E-state index in [0.717, 1.165) is 38.0 Å². The number of benzene rings is 1. The van der Waals surface area contributed by atoms with Crippen LogP contribution in [0, 0.1) is 13.8 Å². The molecule has 1 aromatic carbocycles. The average Bonchev–Trinajstić information content (AvgIpc) is 2.47. The highest BCUT2D eigenvalue weighted by Gasteiger charge is 2.31. The van der Waals surface area contributed by atoms with E-state index in [1.807, 2.05) is 11.9 Å². The van der Waals surface area contributed by atoms with Crippen LogP contribution in [0.2, 0.25) is 0 Å². The Morgan fingerprint density at radius 3 is 2.50 bits per heavy atom. The molecule has 0 radical (unpaired) electrons. The second-order valence-electron chi connectivity index (χ2n) is 6.19. The van der Waals surface area contributed by atoms with Crippen molar-refractivity contribution in [2.24, 2.45) is 0 Å². The molecule has 2 rings (SSSR count). The minimum atomic E-state index is 0. The Bertz CT molecular complexity index is 482. The van der Waals surface area contributed by atoms with E-state index in [-0.39, 0.29) is 24.4 Å². The first-order valence-corrected chi connectivity index (χ1v) is 8.14. The standard InChI is InChI=1S/C18H28N2O.ClH/c1-5-12-20-13-7-6-11-16(20)18(21)19(4)17-14(2)9-8-10-15(17)3;/h8-10,16H,5-7,11-13H2,1-4H3;1H. The molecule has 0 aliphatic carbocycles. The summed E-state index contributed by atoms with van der Waals surface area (Å²) in [6.07, 6.45) is 4.49. The highest BCUT2D eigenvalue weighted by atomic mass is 35.5. The first kappa shape index (κ1) is 19.0. The Hall–Kier alpha value is -1.06. The van der Waals surface area contributed by atoms with Gasteiger partial charge in [0, 0.05) is 12.7 Å². The van der Waals surface area contributed by atoms with Gasteiger partial charge in [-0.2, -0.15) is 0 Å². The van der Waals surface area contributed by atoms with Gasteiger partial charge in [0.2, 0.25) is 5.91 Å². The zero-order chi connectivity index (χ0) is 15.4. The van der Waals surface area contributed by atoms with E-state index in [1.54, 1.807) is 0 Å². The van der Waals surface area contributed by atoms with Crippen LogP contribution < -0.4 is 4.90 Å². The molecule has 1 saturated heterocycles. The van der Waals surface area contributed by atoms with Gasteiger partial charge in [0.15, 0.2) is 0 Å². The lowest BCUT2D eigenvalue weighted by atomic mass is 9.99. The summed E-state index contributed by atoms with van der Waals surface area (Å²) in [5.74, 6) is 0.251. The van der Waals surface area contributed by atoms with Crippen molar-refractivity contribution in [3.8, 4) is 0 Å². The Morgan fingerprint density at radius 1 is 1.27 bits per heavy atom. The van der Waals surface area contributed by atoms with Gasteiger partial charge in [-0.05, 0) is 57.3 Å². The molecule has 4 heteroatoms. The number of carbonyl (C=O) groups is 1. The van der Waals surface area contributed by atoms with Crippen LogP contribution in [-0.4, -0.2) is 37.0 Å². The smallest absolute Gasteiger partial charge is 0.244 e. The van der Waals surface area contributed by atoms with Crippen molar-refractivity contribution < 1.29 is 4.79 Å². The predicted molar refractivity (Wildman–Crippen MR) is 96.1 cm³/mol. The first-order valence-electron chi connectivity index (χ1n) is 8.14. The fourth-order valence-corrected chi connectivity index (χ4v) is 3.49. The van der Waals surface area contributed by atoms with Crippen LogP contribution in [0.3, 0.4) is 0 Å². The van der Waals surface area contributed by atoms with Crippen LogP contribution in [0.4, 0.5) is 5.69 Å². The third kappa shape index (κ3) is 4.02. The van der Waals surface area contributed by atoms with Crippen molar-refractivity contribution in [1.29, 1.82) is 0 Å². The molecule has 1 amide bonds. The van der Waals surface area contributed by atoms with Gasteiger partial charge in [-0.25, -0.2) is 0 Å². The Kier molecular flexibility index (Phi) is 7.37. The molecule has 0 spiro atoms. The number of rotatable bonds is 4. The highest BCUT2D eigenvalue weighted by Crippen LogP contribution is 2.26. The number of para-hydroxylation sites is 1. The van der Waals surface area contributed by atoms with Crippen LogP contribution >= 0.6 is 12.4 Å². The summed E-state index contributed by atoms with van der Waals surface area (Å²) in [6, 6.07) is 6.27. The minimum Gasteiger partial charge on any atom is -0.314 e. The second kappa shape index (κ2) is 8.54. The van der Waals surface area contributed by atoms with E-state index in [1.165, 1.54) is 17.5 Å². The molecular formula is C18H29ClN2O. The van der Waals surface area contributed by atoms with Crippen LogP contribution in [0.25, 0.3) is 0 Å². The molecule has 1 fully saturated rings. The highest BCUT2D eigenvalue weighted by molar-refractivity contribution is 5.98. The van der Waals surface area contributed by atoms with Crippen LogP contribution in [0.1, 0.15) is 43.7 Å². The molecule has 0 N–H and O–H groups in total. The Morgan fingerprint density at radius 2 is 1.91 bits per heavy atom. The molecule has 1 heterocycles. The molecule has 1 unspecified atom stereocenters. The fourth-order valence-electron chi connectivity index (χ4n) is 3.49. The zero-order valence-electron chi connectivity index (χ0n) is 14.3. The van der Waals surface area contributed by atoms with E-state index in [4.69, 9.17) is 0 Å². The number of aryl methyl sites for hydroxylation is 2. The van der Waals surface area contributed by atoms with Gasteiger partial charge in [0.25, 0.3) is 0 Å². The number of carbonyl (C=O) groups excluding carboxylic acids is 1. The molecule has 0 saturated carbocycles. The monoisotopic (exact) mass is 324 g/mol. The van der Waals surface area contributed by atoms with Crippen LogP contribution in [0.15, 0.2) is 18.2 Å². The molecule has 0 aromatic heterocycles. The first-order chi connectivity index (χ1) is 10.1. The summed E-state index contributed by atoms with van der Waals surface area (Å²) in [7, 11) is 1.93. The number of likely N-dealkylation sites (N-methyl/N-ethyl adjacent to an activating group) is 1. The lowest BCUT2D eigenvalue weighted by Gasteiger charge is -2.37. The van der Waals surface area contributed by atoms with E-state index < -0.39 is 0 Å². The number of amides is 1. The summed E-state index contributed by atoms with van der Waals surface area (Å²) < 4.78 is 0. The van der Waals surface area contributed by atoms with Gasteiger partial charge in [0.05, 0.1) is 6.04 Å². The van der Waals surface area contributed by atoms with Crippen LogP contribution in [0.5, 0.6) is 0 Å². The topological polar surface area (TPSA) is 23.6 Å². The van der Waals surface area contributed by atoms with Gasteiger partial charge in [-0.1, -0.05) is 31.5 Å². The van der Waals surface area contributed by atoms with Gasteiger partial charge >= 0.3 is 0 Å². The van der Waals surface area contributed by atoms with Crippen molar-refractivity contribution in [2.75, 3.05) is 25.0 Å². The number of likely N-dealkylation sites (tertiary alicyclic amines) is 1. The summed E-state index contributed by atoms with van der Waals surface area (Å²) >= 11 is 0. The van der Waals surface area contributed by atoms with E-state index in [9.17, 15) is 4.79 Å². The number of piperidine rings is 1. The second-order valence-corrected chi connectivity index (χ2v) is 6.19. The number of hydrogen-bond acceptors (Lipinski definition) is 2. The molecular weight excluding hydrogens is 296 g/mol. The third-order valence-electron chi connectivity index (χ3n) is 4.52. The van der Waals surface area contributed by atoms with E-state index in [2.05, 4.69) is 43.9 Å². The van der Waals surface area contributed by atoms with Gasteiger partial charge in [0.1, 0.15) is 0 Å². The maximum atomic E-state index is 13.0. The van der Waals surface area contributed by atoms with Crippen molar-refractivity contribution in [2.45, 2.75) is 52.5 Å². The van der Waals surface area contributed by atoms with Gasteiger partial charge in [-0.15, -0.1) is 12.4 Å². The minimum absolute atomic E-state index is 0. The molecule has 22 heavy (non-hydrogen) atoms. The molecule has 3 nitrogen and oxygen atoms in total. The predicted octanol–water partition coefficient (Wildman–Crippen LogP) is 3.95. The van der Waals surface area contributed by atoms with Crippen molar-refractivity contribution >= 4 is 24.0 Å². The Balaban J connectivity index is 0.00000242. The summed E-state index contributed by atoms with van der Waals surface area (Å²) in [5, 5.41) is 0. The summed E-state index contributed by atoms with van der Waals surface area (Å²) in [4.78, 5) is 17.2. The van der Waals surface area contributed by atoms with Crippen molar-refractivity contribution in [1.82, 2.24) is 4.90 Å². The molecule has 1 aliphatic rings. The maximum Gasteiger partial charge on any atom is 0.244 e. The molecule has 0 bridgehead atoms. The van der Waals surface area contributed by atoms with Crippen LogP contribution in [-0.2, 0) is 4.79 Å². The summed E-state index contributed by atoms with van der Waals surface area (Å²) in [5.41, 5.74) is 3.41. The molecule has 1 aromatic rings. The van der Waals surface area contributed by atoms with E-state index >= 15 is 0 Å². The lowest BCUT2D eigenvalue weighted by Crippen LogP contribution is -2.50. The van der Waals surface area contributed by atoms with Crippen molar-refractivity contribution in [3.05, 3.63) is 29.3 Å². The number of nitrogens with zero attached hydrogens (tertiary/aromatic N) is 2. The van der Waals surface area contributed by atoms with Crippen molar-refractivity contribution in [3.63, 3.8) is 0 Å². The SMILES string of the molecule is CCCN1CCCCC1C(=O)N(C)c1c(C)cccc1C.Cl. The van der Waals surface area contributed by atoms with Gasteiger partial charge < -0.3 is 4.90 Å². The van der Waals surface area contributed by atoms with E-state index in [0.29, 0.717) is 0 Å². The molecule has 1 atom stereocenters. The number of hydrogen-bond donors (Lipinski definition) is 0. The molecule has 124 valence electrons. The largest absolute Gasteiger partial charge is 0.314 e. The summed E-state index contributed by atoms with van der Waals surface area (Å²) in [6.45, 7) is 8.43. The fraction of sp³-hybridized carbons (Fsp3) is 0.611. The molecule has 1 aliphatic heterocycles. The maximum absolute atomic E-state index is 13.0. The van der Waals surface area contributed by atoms with Gasteiger partial charge in [-0.3, -0.25) is 9.69 Å². The average molecular weight is 325 g/mol. The number of halogens is 1. The quantitative estimate of drug-likeness (QED) is 0.837. The lowest BCUT2D eigenvalue weighted by molar-refractivity contribution is -0.124. The zero-order valence-corrected chi connectivity index (χ0v) is 15.1. The Labute approximate surface area is 141 Å². The number of anilines is 1.